The highest BCUT2D eigenvalue weighted by Gasteiger charge is 2.20. The van der Waals surface area contributed by atoms with Crippen molar-refractivity contribution in [2.45, 2.75) is 6.42 Å². The Morgan fingerprint density at radius 3 is 2.80 bits per heavy atom. The molecule has 1 aliphatic rings. The number of phenolic OH excluding ortho intramolecular Hbond substituents is 1. The van der Waals surface area contributed by atoms with Gasteiger partial charge in [-0.05, 0) is 37.7 Å². The lowest BCUT2D eigenvalue weighted by molar-refractivity contribution is 0.0872. The first-order chi connectivity index (χ1) is 7.16. The number of benzene rings is 1. The molecule has 1 saturated heterocycles. The minimum Gasteiger partial charge on any atom is -0.507 e. The number of aromatic hydroxyl groups is 1. The van der Waals surface area contributed by atoms with Crippen LogP contribution < -0.4 is 0 Å². The number of Topliss-reactive ketones (excluding diaryl/α,β-unsaturated/α-hetero) is 1. The Hall–Kier alpha value is -1.42. The van der Waals surface area contributed by atoms with Crippen LogP contribution >= 0.6 is 0 Å². The van der Waals surface area contributed by atoms with Crippen LogP contribution in [0.3, 0.4) is 0 Å². The molecule has 2 rings (SSSR count). The third-order valence-electron chi connectivity index (χ3n) is 2.57. The van der Waals surface area contributed by atoms with E-state index in [1.807, 2.05) is 4.90 Å². The average Bonchev–Trinajstić information content (AvgIpc) is 2.15. The van der Waals surface area contributed by atoms with Crippen molar-refractivity contribution in [3.05, 3.63) is 29.6 Å². The summed E-state index contributed by atoms with van der Waals surface area (Å²) in [7, 11) is 0. The second-order valence-corrected chi connectivity index (χ2v) is 3.71. The number of rotatable bonds is 3. The molecule has 3 nitrogen and oxygen atoms in total. The van der Waals surface area contributed by atoms with Gasteiger partial charge in [-0.2, -0.15) is 0 Å². The van der Waals surface area contributed by atoms with Gasteiger partial charge < -0.3 is 5.11 Å². The van der Waals surface area contributed by atoms with Gasteiger partial charge in [-0.15, -0.1) is 0 Å². The molecule has 80 valence electrons. The quantitative estimate of drug-likeness (QED) is 0.765. The van der Waals surface area contributed by atoms with E-state index in [4.69, 9.17) is 0 Å². The molecular weight excluding hydrogens is 197 g/mol. The molecule has 15 heavy (non-hydrogen) atoms. The summed E-state index contributed by atoms with van der Waals surface area (Å²) < 4.78 is 12.9. The molecule has 1 aromatic carbocycles. The molecule has 1 aliphatic heterocycles. The second-order valence-electron chi connectivity index (χ2n) is 3.71. The largest absolute Gasteiger partial charge is 0.507 e. The summed E-state index contributed by atoms with van der Waals surface area (Å²) in [5.74, 6) is -0.881. The van der Waals surface area contributed by atoms with Crippen molar-refractivity contribution >= 4 is 5.78 Å². The summed E-state index contributed by atoms with van der Waals surface area (Å²) in [5, 5.41) is 9.40. The van der Waals surface area contributed by atoms with E-state index in [0.29, 0.717) is 0 Å². The first-order valence-electron chi connectivity index (χ1n) is 4.91. The summed E-state index contributed by atoms with van der Waals surface area (Å²) in [4.78, 5) is 13.6. The van der Waals surface area contributed by atoms with Crippen molar-refractivity contribution in [3.63, 3.8) is 0 Å². The molecule has 0 saturated carbocycles. The summed E-state index contributed by atoms with van der Waals surface area (Å²) in [5.41, 5.74) is 0.0712. The van der Waals surface area contributed by atoms with Crippen molar-refractivity contribution in [1.82, 2.24) is 4.90 Å². The Morgan fingerprint density at radius 2 is 2.20 bits per heavy atom. The molecule has 0 spiro atoms. The topological polar surface area (TPSA) is 40.5 Å². The van der Waals surface area contributed by atoms with Gasteiger partial charge in [0.05, 0.1) is 12.1 Å². The third kappa shape index (κ3) is 2.15. The standard InChI is InChI=1S/C11H12FNO2/c12-8-2-3-10(14)9(6-8)11(15)7-13-4-1-5-13/h2-3,6,14H,1,4-5,7H2. The van der Waals surface area contributed by atoms with Crippen LogP contribution in [0.2, 0.25) is 0 Å². The number of carbonyl (C=O) groups excluding carboxylic acids is 1. The molecule has 1 aromatic rings. The summed E-state index contributed by atoms with van der Waals surface area (Å²) >= 11 is 0. The van der Waals surface area contributed by atoms with Gasteiger partial charge in [-0.1, -0.05) is 0 Å². The summed E-state index contributed by atoms with van der Waals surface area (Å²) in [6.45, 7) is 2.07. The Kier molecular flexibility index (Phi) is 2.68. The SMILES string of the molecule is O=C(CN1CCC1)c1cc(F)ccc1O. The van der Waals surface area contributed by atoms with Gasteiger partial charge in [-0.25, -0.2) is 4.39 Å². The lowest BCUT2D eigenvalue weighted by atomic mass is 10.1. The minimum atomic E-state index is -0.500. The van der Waals surface area contributed by atoms with Crippen LogP contribution in [-0.4, -0.2) is 35.4 Å². The zero-order valence-corrected chi connectivity index (χ0v) is 8.24. The van der Waals surface area contributed by atoms with E-state index in [-0.39, 0.29) is 23.6 Å². The molecular formula is C11H12FNO2. The maximum Gasteiger partial charge on any atom is 0.180 e. The van der Waals surface area contributed by atoms with E-state index in [1.165, 1.54) is 6.07 Å². The van der Waals surface area contributed by atoms with Gasteiger partial charge in [0, 0.05) is 0 Å². The van der Waals surface area contributed by atoms with E-state index in [0.717, 1.165) is 31.6 Å². The van der Waals surface area contributed by atoms with Crippen molar-refractivity contribution in [3.8, 4) is 5.75 Å². The van der Waals surface area contributed by atoms with Gasteiger partial charge in [0.1, 0.15) is 11.6 Å². The fourth-order valence-electron chi connectivity index (χ4n) is 1.56. The number of ketones is 1. The van der Waals surface area contributed by atoms with Crippen molar-refractivity contribution in [2.24, 2.45) is 0 Å². The predicted octanol–water partition coefficient (Wildman–Crippen LogP) is 1.42. The Balaban J connectivity index is 2.12. The predicted molar refractivity (Wildman–Crippen MR) is 53.5 cm³/mol. The van der Waals surface area contributed by atoms with Gasteiger partial charge >= 0.3 is 0 Å². The van der Waals surface area contributed by atoms with E-state index in [9.17, 15) is 14.3 Å². The number of likely N-dealkylation sites (tertiary alicyclic amines) is 1. The zero-order valence-electron chi connectivity index (χ0n) is 8.24. The third-order valence-corrected chi connectivity index (χ3v) is 2.57. The second kappa shape index (κ2) is 3.98. The molecule has 0 atom stereocenters. The van der Waals surface area contributed by atoms with Crippen LogP contribution in [-0.2, 0) is 0 Å². The Morgan fingerprint density at radius 1 is 1.47 bits per heavy atom. The Labute approximate surface area is 87.1 Å². The molecule has 1 N–H and O–H groups in total. The van der Waals surface area contributed by atoms with Crippen LogP contribution in [0.25, 0.3) is 0 Å². The molecule has 0 aliphatic carbocycles. The maximum absolute atomic E-state index is 12.9. The van der Waals surface area contributed by atoms with E-state index in [1.54, 1.807) is 0 Å². The maximum atomic E-state index is 12.9. The fraction of sp³-hybridized carbons (Fsp3) is 0.364. The van der Waals surface area contributed by atoms with Gasteiger partial charge in [-0.3, -0.25) is 9.69 Å². The highest BCUT2D eigenvalue weighted by molar-refractivity contribution is 6.00. The molecule has 1 heterocycles. The van der Waals surface area contributed by atoms with Crippen LogP contribution in [0, 0.1) is 5.82 Å². The molecule has 0 radical (unpaired) electrons. The van der Waals surface area contributed by atoms with Crippen molar-refractivity contribution < 1.29 is 14.3 Å². The monoisotopic (exact) mass is 209 g/mol. The highest BCUT2D eigenvalue weighted by atomic mass is 19.1. The van der Waals surface area contributed by atoms with Gasteiger partial charge in [0.2, 0.25) is 0 Å². The first kappa shape index (κ1) is 10.1. The van der Waals surface area contributed by atoms with E-state index < -0.39 is 5.82 Å². The summed E-state index contributed by atoms with van der Waals surface area (Å²) in [6, 6.07) is 3.42. The average molecular weight is 209 g/mol. The van der Waals surface area contributed by atoms with E-state index in [2.05, 4.69) is 0 Å². The molecule has 0 unspecified atom stereocenters. The number of halogens is 1. The lowest BCUT2D eigenvalue weighted by Crippen LogP contribution is -2.40. The minimum absolute atomic E-state index is 0.0712. The van der Waals surface area contributed by atoms with Crippen LogP contribution in [0.5, 0.6) is 5.75 Å². The highest BCUT2D eigenvalue weighted by Crippen LogP contribution is 2.19. The molecule has 0 amide bonds. The summed E-state index contributed by atoms with van der Waals surface area (Å²) in [6.07, 6.45) is 1.10. The van der Waals surface area contributed by atoms with Crippen molar-refractivity contribution in [2.75, 3.05) is 19.6 Å². The molecule has 4 heteroatoms. The van der Waals surface area contributed by atoms with Crippen LogP contribution in [0.15, 0.2) is 18.2 Å². The Bertz CT molecular complexity index is 388. The number of hydrogen-bond acceptors (Lipinski definition) is 3. The number of nitrogens with zero attached hydrogens (tertiary/aromatic N) is 1. The molecule has 0 aromatic heterocycles. The number of phenols is 1. The smallest absolute Gasteiger partial charge is 0.180 e. The first-order valence-corrected chi connectivity index (χ1v) is 4.91. The molecule has 0 bridgehead atoms. The van der Waals surface area contributed by atoms with Crippen LogP contribution in [0.4, 0.5) is 4.39 Å². The molecule has 1 fully saturated rings. The van der Waals surface area contributed by atoms with Crippen LogP contribution in [0.1, 0.15) is 16.8 Å². The van der Waals surface area contributed by atoms with Gasteiger partial charge in [0.25, 0.3) is 0 Å². The van der Waals surface area contributed by atoms with Crippen molar-refractivity contribution in [1.29, 1.82) is 0 Å². The normalized spacial score (nSPS) is 16.1. The van der Waals surface area contributed by atoms with E-state index >= 15 is 0 Å². The fourth-order valence-corrected chi connectivity index (χ4v) is 1.56. The lowest BCUT2D eigenvalue weighted by Gasteiger charge is -2.29. The zero-order chi connectivity index (χ0) is 10.8. The number of hydrogen-bond donors (Lipinski definition) is 1. The van der Waals surface area contributed by atoms with Gasteiger partial charge in [0.15, 0.2) is 5.78 Å². The number of carbonyl (C=O) groups is 1.